The van der Waals surface area contributed by atoms with Crippen LogP contribution in [0.3, 0.4) is 0 Å². The maximum atomic E-state index is 12.5. The number of methoxy groups -OCH3 is 1. The number of aryl methyl sites for hydroxylation is 1. The van der Waals surface area contributed by atoms with Crippen molar-refractivity contribution in [2.24, 2.45) is 10.7 Å². The third kappa shape index (κ3) is 5.58. The molecule has 0 spiro atoms. The molecule has 4 rings (SSSR count). The van der Waals surface area contributed by atoms with Gasteiger partial charge in [-0.25, -0.2) is 14.6 Å². The summed E-state index contributed by atoms with van der Waals surface area (Å²) < 4.78 is 47.1. The number of nitrogens with two attached hydrogens (primary N) is 1. The fraction of sp³-hybridized carbons (Fsp3) is 0.222. The summed E-state index contributed by atoms with van der Waals surface area (Å²) in [6.45, 7) is 1.81. The molecule has 0 radical (unpaired) electrons. The van der Waals surface area contributed by atoms with Crippen molar-refractivity contribution in [1.29, 1.82) is 0 Å². The number of carbonyl (C=O) groups excluding carboxylic acids is 2. The van der Waals surface area contributed by atoms with Crippen molar-refractivity contribution in [3.05, 3.63) is 83.4 Å². The van der Waals surface area contributed by atoms with Gasteiger partial charge in [-0.05, 0) is 49.1 Å². The molecule has 3 aromatic carbocycles. The van der Waals surface area contributed by atoms with Gasteiger partial charge in [-0.2, -0.15) is 13.2 Å². The van der Waals surface area contributed by atoms with Crippen LogP contribution < -0.4 is 15.8 Å². The van der Waals surface area contributed by atoms with Crippen LogP contribution in [0.1, 0.15) is 34.8 Å². The summed E-state index contributed by atoms with van der Waals surface area (Å²) in [5, 5.41) is 3.21. The summed E-state index contributed by atoms with van der Waals surface area (Å²) >= 11 is 0. The largest absolute Gasteiger partial charge is 0.496 e. The van der Waals surface area contributed by atoms with E-state index in [-0.39, 0.29) is 11.4 Å². The summed E-state index contributed by atoms with van der Waals surface area (Å²) in [5.74, 6) is -3.06. The predicted octanol–water partition coefficient (Wildman–Crippen LogP) is 5.09. The number of carbonyl (C=O) groups is 2. The second-order valence-corrected chi connectivity index (χ2v) is 8.69. The summed E-state index contributed by atoms with van der Waals surface area (Å²) in [6, 6.07) is 19.7. The summed E-state index contributed by atoms with van der Waals surface area (Å²) in [5.41, 5.74) is 8.82. The maximum Gasteiger partial charge on any atom is 0.491 e. The number of rotatable bonds is 6. The maximum absolute atomic E-state index is 12.5. The van der Waals surface area contributed by atoms with Crippen molar-refractivity contribution in [1.82, 2.24) is 0 Å². The minimum atomic E-state index is -5.28. The first kappa shape index (κ1) is 25.7. The number of fused-ring (bicyclic) bond motifs is 1. The standard InChI is InChI=1S/C27H24F3N3O4/c1-26(14-13-17-9-6-10-19(22(17)36-2)16-7-4-3-5-8-16)32-21-15-18(11-12-20(21)23(31)33-26)24(34)37-25(35)27(28,29)30/h3-12,15,32H,13-14H2,1-2H3,(H2,31,33). The average molecular weight is 512 g/mol. The highest BCUT2D eigenvalue weighted by molar-refractivity contribution is 6.06. The zero-order chi connectivity index (χ0) is 26.8. The number of hydrogen-bond donors (Lipinski definition) is 2. The number of alkyl halides is 3. The molecule has 1 unspecified atom stereocenters. The molecule has 3 aromatic rings. The van der Waals surface area contributed by atoms with Gasteiger partial charge in [0.05, 0.1) is 12.7 Å². The minimum absolute atomic E-state index is 0.201. The second kappa shape index (κ2) is 9.96. The number of esters is 2. The summed E-state index contributed by atoms with van der Waals surface area (Å²) in [6.07, 6.45) is -4.25. The Bertz CT molecular complexity index is 1370. The number of amidine groups is 1. The van der Waals surface area contributed by atoms with E-state index < -0.39 is 23.8 Å². The van der Waals surface area contributed by atoms with Crippen molar-refractivity contribution in [2.45, 2.75) is 31.6 Å². The van der Waals surface area contributed by atoms with Gasteiger partial charge < -0.3 is 20.5 Å². The molecule has 0 saturated carbocycles. The van der Waals surface area contributed by atoms with Crippen LogP contribution in [0.5, 0.6) is 5.75 Å². The van der Waals surface area contributed by atoms with Gasteiger partial charge >= 0.3 is 18.1 Å². The smallest absolute Gasteiger partial charge is 0.491 e. The average Bonchev–Trinajstić information content (AvgIpc) is 2.86. The number of anilines is 1. The number of nitrogens with one attached hydrogen (secondary N) is 1. The third-order valence-corrected chi connectivity index (χ3v) is 5.99. The van der Waals surface area contributed by atoms with Crippen LogP contribution >= 0.6 is 0 Å². The van der Waals surface area contributed by atoms with Gasteiger partial charge in [0.25, 0.3) is 0 Å². The van der Waals surface area contributed by atoms with E-state index in [0.717, 1.165) is 22.4 Å². The quantitative estimate of drug-likeness (QED) is 0.353. The van der Waals surface area contributed by atoms with Crippen molar-refractivity contribution >= 4 is 23.5 Å². The number of ether oxygens (including phenoxy) is 2. The van der Waals surface area contributed by atoms with E-state index in [4.69, 9.17) is 10.5 Å². The van der Waals surface area contributed by atoms with E-state index in [2.05, 4.69) is 15.0 Å². The Kier molecular flexibility index (Phi) is 6.93. The first-order valence-corrected chi connectivity index (χ1v) is 11.3. The Labute approximate surface area is 211 Å². The van der Waals surface area contributed by atoms with Gasteiger partial charge in [-0.15, -0.1) is 0 Å². The molecule has 0 aromatic heterocycles. The zero-order valence-corrected chi connectivity index (χ0v) is 20.1. The van der Waals surface area contributed by atoms with Gasteiger partial charge in [0, 0.05) is 16.8 Å². The molecular weight excluding hydrogens is 487 g/mol. The highest BCUT2D eigenvalue weighted by Gasteiger charge is 2.42. The van der Waals surface area contributed by atoms with Crippen molar-refractivity contribution in [3.8, 4) is 16.9 Å². The molecule has 1 aliphatic heterocycles. The van der Waals surface area contributed by atoms with Crippen LogP contribution in [0, 0.1) is 0 Å². The summed E-state index contributed by atoms with van der Waals surface area (Å²) in [7, 11) is 1.61. The Hall–Kier alpha value is -4.34. The molecule has 7 nitrogen and oxygen atoms in total. The Morgan fingerprint density at radius 3 is 2.43 bits per heavy atom. The van der Waals surface area contributed by atoms with Crippen LogP contribution in [0.25, 0.3) is 11.1 Å². The lowest BCUT2D eigenvalue weighted by atomic mass is 9.94. The molecule has 192 valence electrons. The Balaban J connectivity index is 1.55. The van der Waals surface area contributed by atoms with E-state index in [1.54, 1.807) is 7.11 Å². The van der Waals surface area contributed by atoms with Crippen LogP contribution in [0.2, 0.25) is 0 Å². The van der Waals surface area contributed by atoms with E-state index in [0.29, 0.717) is 24.1 Å². The lowest BCUT2D eigenvalue weighted by Crippen LogP contribution is -2.40. The number of halogens is 3. The van der Waals surface area contributed by atoms with Gasteiger partial charge in [0.1, 0.15) is 17.2 Å². The number of nitrogens with zero attached hydrogens (tertiary/aromatic N) is 1. The molecule has 1 aliphatic rings. The summed E-state index contributed by atoms with van der Waals surface area (Å²) in [4.78, 5) is 27.7. The van der Waals surface area contributed by atoms with Crippen molar-refractivity contribution < 1.29 is 32.2 Å². The van der Waals surface area contributed by atoms with Gasteiger partial charge in [0.2, 0.25) is 0 Å². The predicted molar refractivity (Wildman–Crippen MR) is 132 cm³/mol. The fourth-order valence-electron chi connectivity index (χ4n) is 4.21. The number of aliphatic imine (C=N–C) groups is 1. The van der Waals surface area contributed by atoms with Crippen molar-refractivity contribution in [3.63, 3.8) is 0 Å². The highest BCUT2D eigenvalue weighted by atomic mass is 19.4. The van der Waals surface area contributed by atoms with Crippen LogP contribution in [-0.4, -0.2) is 36.7 Å². The van der Waals surface area contributed by atoms with E-state index >= 15 is 0 Å². The molecule has 0 aliphatic carbocycles. The normalized spacial score (nSPS) is 16.7. The first-order valence-electron chi connectivity index (χ1n) is 11.3. The second-order valence-electron chi connectivity index (χ2n) is 8.69. The molecule has 1 atom stereocenters. The van der Waals surface area contributed by atoms with Gasteiger partial charge in [-0.1, -0.05) is 48.5 Å². The number of hydrogen-bond acceptors (Lipinski definition) is 7. The minimum Gasteiger partial charge on any atom is -0.496 e. The van der Waals surface area contributed by atoms with Crippen LogP contribution in [0.4, 0.5) is 18.9 Å². The Morgan fingerprint density at radius 2 is 1.76 bits per heavy atom. The number of para-hydroxylation sites is 1. The first-order chi connectivity index (χ1) is 17.5. The number of benzene rings is 3. The lowest BCUT2D eigenvalue weighted by Gasteiger charge is -2.34. The van der Waals surface area contributed by atoms with E-state index in [1.807, 2.05) is 55.5 Å². The molecule has 37 heavy (non-hydrogen) atoms. The molecule has 0 bridgehead atoms. The Morgan fingerprint density at radius 1 is 1.03 bits per heavy atom. The molecular formula is C27H24F3N3O4. The van der Waals surface area contributed by atoms with E-state index in [1.165, 1.54) is 18.2 Å². The lowest BCUT2D eigenvalue weighted by molar-refractivity contribution is -0.193. The van der Waals surface area contributed by atoms with E-state index in [9.17, 15) is 22.8 Å². The van der Waals surface area contributed by atoms with Crippen molar-refractivity contribution in [2.75, 3.05) is 12.4 Å². The highest BCUT2D eigenvalue weighted by Crippen LogP contribution is 2.36. The zero-order valence-electron chi connectivity index (χ0n) is 20.1. The molecule has 0 fully saturated rings. The molecule has 1 heterocycles. The van der Waals surface area contributed by atoms with Gasteiger partial charge in [0.15, 0.2) is 0 Å². The van der Waals surface area contributed by atoms with Crippen LogP contribution in [0.15, 0.2) is 71.7 Å². The molecule has 0 saturated heterocycles. The van der Waals surface area contributed by atoms with Gasteiger partial charge in [-0.3, -0.25) is 0 Å². The van der Waals surface area contributed by atoms with Crippen LogP contribution in [-0.2, 0) is 16.0 Å². The third-order valence-electron chi connectivity index (χ3n) is 5.99. The fourth-order valence-corrected chi connectivity index (χ4v) is 4.21. The topological polar surface area (TPSA) is 103 Å². The molecule has 10 heteroatoms. The molecule has 0 amide bonds. The molecule has 3 N–H and O–H groups in total. The monoisotopic (exact) mass is 511 g/mol. The SMILES string of the molecule is COc1c(CCC2(C)N=C(N)c3ccc(C(=O)OC(=O)C(F)(F)F)cc3N2)cccc1-c1ccccc1.